The summed E-state index contributed by atoms with van der Waals surface area (Å²) in [7, 11) is 0. The third-order valence-electron chi connectivity index (χ3n) is 6.53. The van der Waals surface area contributed by atoms with Crippen LogP contribution in [0.15, 0.2) is 48.0 Å². The fraction of sp³-hybridized carbons (Fsp3) is 0.407. The van der Waals surface area contributed by atoms with Crippen molar-refractivity contribution in [2.45, 2.75) is 65.8 Å². The van der Waals surface area contributed by atoms with E-state index in [4.69, 9.17) is 0 Å². The number of amides is 1. The Balaban J connectivity index is 1.48. The smallest absolute Gasteiger partial charge is 0.227 e. The van der Waals surface area contributed by atoms with E-state index in [1.165, 1.54) is 24.0 Å². The van der Waals surface area contributed by atoms with Crippen LogP contribution in [0.25, 0.3) is 16.3 Å². The topological polar surface area (TPSA) is 78.0 Å². The number of aromatic hydroxyl groups is 1. The first-order chi connectivity index (χ1) is 15.2. The number of phenols is 1. The number of allylic oxidation sites excluding steroid dienone is 2. The van der Waals surface area contributed by atoms with Gasteiger partial charge in [-0.3, -0.25) is 9.89 Å². The zero-order valence-electron chi connectivity index (χ0n) is 19.5. The number of nitrogens with one attached hydrogen (secondary N) is 2. The molecule has 1 aliphatic carbocycles. The average molecular weight is 432 g/mol. The number of aromatic amines is 1. The first kappa shape index (κ1) is 22.1. The monoisotopic (exact) mass is 431 g/mol. The molecule has 1 heterocycles. The molecular weight excluding hydrogens is 398 g/mol. The predicted molar refractivity (Wildman–Crippen MR) is 129 cm³/mol. The van der Waals surface area contributed by atoms with E-state index in [0.29, 0.717) is 6.54 Å². The molecule has 1 atom stereocenters. The van der Waals surface area contributed by atoms with E-state index in [1.54, 1.807) is 12.1 Å². The molecule has 0 aliphatic heterocycles. The number of carbonyl (C=O) groups excluding carboxylic acids is 1. The largest absolute Gasteiger partial charge is 0.508 e. The number of benzene rings is 2. The Hall–Kier alpha value is -3.08. The van der Waals surface area contributed by atoms with Crippen molar-refractivity contribution in [1.82, 2.24) is 15.5 Å². The van der Waals surface area contributed by atoms with E-state index in [0.717, 1.165) is 40.6 Å². The molecule has 0 radical (unpaired) electrons. The first-order valence-corrected chi connectivity index (χ1v) is 11.5. The molecule has 168 valence electrons. The minimum atomic E-state index is -0.337. The van der Waals surface area contributed by atoms with Crippen LogP contribution in [0.5, 0.6) is 5.75 Å². The Morgan fingerprint density at radius 3 is 2.72 bits per heavy atom. The van der Waals surface area contributed by atoms with Crippen LogP contribution in [0.1, 0.15) is 76.2 Å². The molecule has 2 aromatic carbocycles. The molecule has 5 nitrogen and oxygen atoms in total. The molecule has 0 bridgehead atoms. The Bertz CT molecular complexity index is 1170. The Labute approximate surface area is 189 Å². The SMILES string of the molecule is CC(C(=O)NCc1cc(C2=C(C(C)(C)C)CCCC2)n[nH]1)c1cccc2ccc(O)cc12. The van der Waals surface area contributed by atoms with E-state index < -0.39 is 0 Å². The number of H-pyrrole nitrogens is 1. The van der Waals surface area contributed by atoms with Gasteiger partial charge in [-0.1, -0.05) is 50.6 Å². The highest BCUT2D eigenvalue weighted by atomic mass is 16.3. The summed E-state index contributed by atoms with van der Waals surface area (Å²) in [5.74, 6) is -0.185. The van der Waals surface area contributed by atoms with Crippen LogP contribution >= 0.6 is 0 Å². The van der Waals surface area contributed by atoms with Gasteiger partial charge in [0.1, 0.15) is 5.75 Å². The fourth-order valence-electron chi connectivity index (χ4n) is 4.76. The number of hydrogen-bond acceptors (Lipinski definition) is 3. The van der Waals surface area contributed by atoms with Crippen LogP contribution < -0.4 is 5.32 Å². The van der Waals surface area contributed by atoms with Crippen LogP contribution in [-0.4, -0.2) is 21.2 Å². The van der Waals surface area contributed by atoms with Crippen LogP contribution in [0.4, 0.5) is 0 Å². The summed E-state index contributed by atoms with van der Waals surface area (Å²) in [6, 6.07) is 13.2. The van der Waals surface area contributed by atoms with Crippen LogP contribution in [-0.2, 0) is 11.3 Å². The van der Waals surface area contributed by atoms with Gasteiger partial charge in [-0.15, -0.1) is 0 Å². The van der Waals surface area contributed by atoms with Crippen molar-refractivity contribution in [3.05, 3.63) is 65.0 Å². The van der Waals surface area contributed by atoms with Gasteiger partial charge in [0, 0.05) is 0 Å². The van der Waals surface area contributed by atoms with Crippen LogP contribution in [0.3, 0.4) is 0 Å². The highest BCUT2D eigenvalue weighted by Crippen LogP contribution is 2.41. The maximum Gasteiger partial charge on any atom is 0.227 e. The number of nitrogens with zero attached hydrogens (tertiary/aromatic N) is 1. The van der Waals surface area contributed by atoms with Gasteiger partial charge in [-0.2, -0.15) is 5.10 Å². The molecule has 3 N–H and O–H groups in total. The molecule has 0 saturated heterocycles. The highest BCUT2D eigenvalue weighted by molar-refractivity contribution is 5.93. The second kappa shape index (κ2) is 8.81. The summed E-state index contributed by atoms with van der Waals surface area (Å²) < 4.78 is 0. The molecule has 1 amide bonds. The van der Waals surface area contributed by atoms with E-state index in [9.17, 15) is 9.90 Å². The van der Waals surface area contributed by atoms with Crippen molar-refractivity contribution in [2.75, 3.05) is 0 Å². The lowest BCUT2D eigenvalue weighted by Gasteiger charge is -2.29. The number of hydrogen-bond donors (Lipinski definition) is 3. The summed E-state index contributed by atoms with van der Waals surface area (Å²) in [4.78, 5) is 12.9. The van der Waals surface area contributed by atoms with Crippen molar-refractivity contribution in [1.29, 1.82) is 0 Å². The molecule has 5 heteroatoms. The van der Waals surface area contributed by atoms with Gasteiger partial charge >= 0.3 is 0 Å². The molecule has 3 aromatic rings. The number of aromatic nitrogens is 2. The van der Waals surface area contributed by atoms with E-state index in [-0.39, 0.29) is 23.0 Å². The third-order valence-corrected chi connectivity index (χ3v) is 6.53. The summed E-state index contributed by atoms with van der Waals surface area (Å²) >= 11 is 0. The third kappa shape index (κ3) is 4.57. The normalized spacial score (nSPS) is 15.8. The highest BCUT2D eigenvalue weighted by Gasteiger charge is 2.25. The molecular formula is C27H33N3O2. The molecule has 0 saturated carbocycles. The van der Waals surface area contributed by atoms with Crippen LogP contribution in [0, 0.1) is 5.41 Å². The van der Waals surface area contributed by atoms with Crippen molar-refractivity contribution < 1.29 is 9.90 Å². The summed E-state index contributed by atoms with van der Waals surface area (Å²) in [5.41, 5.74) is 5.83. The van der Waals surface area contributed by atoms with E-state index in [1.807, 2.05) is 31.2 Å². The lowest BCUT2D eigenvalue weighted by molar-refractivity contribution is -0.122. The Morgan fingerprint density at radius 2 is 1.94 bits per heavy atom. The lowest BCUT2D eigenvalue weighted by atomic mass is 9.76. The quantitative estimate of drug-likeness (QED) is 0.459. The van der Waals surface area contributed by atoms with Crippen molar-refractivity contribution in [2.24, 2.45) is 5.41 Å². The summed E-state index contributed by atoms with van der Waals surface area (Å²) in [6.07, 6.45) is 4.64. The first-order valence-electron chi connectivity index (χ1n) is 11.5. The number of rotatable bonds is 5. The zero-order chi connectivity index (χ0) is 22.9. The molecule has 32 heavy (non-hydrogen) atoms. The average Bonchev–Trinajstić information content (AvgIpc) is 3.25. The molecule has 0 fully saturated rings. The Morgan fingerprint density at radius 1 is 1.16 bits per heavy atom. The van der Waals surface area contributed by atoms with Gasteiger partial charge in [0.15, 0.2) is 0 Å². The fourth-order valence-corrected chi connectivity index (χ4v) is 4.76. The second-order valence-corrected chi connectivity index (χ2v) is 9.88. The minimum absolute atomic E-state index is 0.0516. The van der Waals surface area contributed by atoms with Gasteiger partial charge in [0.2, 0.25) is 5.91 Å². The Kier molecular flexibility index (Phi) is 6.09. The van der Waals surface area contributed by atoms with Crippen LogP contribution in [0.2, 0.25) is 0 Å². The van der Waals surface area contributed by atoms with Crippen molar-refractivity contribution in [3.63, 3.8) is 0 Å². The second-order valence-electron chi connectivity index (χ2n) is 9.88. The van der Waals surface area contributed by atoms with Crippen molar-refractivity contribution >= 4 is 22.3 Å². The number of fused-ring (bicyclic) bond motifs is 1. The maximum absolute atomic E-state index is 12.9. The molecule has 1 unspecified atom stereocenters. The zero-order valence-corrected chi connectivity index (χ0v) is 19.5. The molecule has 1 aromatic heterocycles. The van der Waals surface area contributed by atoms with Gasteiger partial charge < -0.3 is 10.4 Å². The predicted octanol–water partition coefficient (Wildman–Crippen LogP) is 6.06. The van der Waals surface area contributed by atoms with Gasteiger partial charge in [-0.25, -0.2) is 0 Å². The summed E-state index contributed by atoms with van der Waals surface area (Å²) in [5, 5.41) is 22.5. The maximum atomic E-state index is 12.9. The van der Waals surface area contributed by atoms with Crippen molar-refractivity contribution in [3.8, 4) is 5.75 Å². The van der Waals surface area contributed by atoms with Gasteiger partial charge in [0.25, 0.3) is 0 Å². The summed E-state index contributed by atoms with van der Waals surface area (Å²) in [6.45, 7) is 9.13. The minimum Gasteiger partial charge on any atom is -0.508 e. The van der Waals surface area contributed by atoms with E-state index in [2.05, 4.69) is 42.4 Å². The number of carbonyl (C=O) groups is 1. The molecule has 1 aliphatic rings. The standard InChI is InChI=1S/C27H33N3O2/c1-17(21-10-7-8-18-12-13-20(31)15-23(18)21)26(32)28-16-19-14-25(30-29-19)22-9-5-6-11-24(22)27(2,3)4/h7-8,10,12-15,17,31H,5-6,9,11,16H2,1-4H3,(H,28,32)(H,29,30). The van der Waals surface area contributed by atoms with Gasteiger partial charge in [0.05, 0.1) is 23.9 Å². The van der Waals surface area contributed by atoms with E-state index >= 15 is 0 Å². The number of phenolic OH excluding ortho intramolecular Hbond substituents is 1. The molecule has 0 spiro atoms. The van der Waals surface area contributed by atoms with Gasteiger partial charge in [-0.05, 0) is 78.1 Å². The lowest BCUT2D eigenvalue weighted by Crippen LogP contribution is -2.27. The molecule has 4 rings (SSSR count).